The van der Waals surface area contributed by atoms with Crippen molar-refractivity contribution in [1.82, 2.24) is 0 Å². The van der Waals surface area contributed by atoms with Crippen LogP contribution in [0.3, 0.4) is 0 Å². The number of hydrogen-bond donors (Lipinski definition) is 4. The minimum atomic E-state index is -0.953. The summed E-state index contributed by atoms with van der Waals surface area (Å²) in [5.41, 5.74) is 0. The number of unbranched alkanes of at least 4 members (excludes halogenated alkanes) is 12. The largest absolute Gasteiger partial charge is 0.463 e. The minimum Gasteiger partial charge on any atom is -0.463 e. The molecule has 8 nitrogen and oxygen atoms in total. The lowest BCUT2D eigenvalue weighted by Gasteiger charge is -2.08. The van der Waals surface area contributed by atoms with Crippen LogP contribution < -0.4 is 0 Å². The van der Waals surface area contributed by atoms with E-state index in [1.807, 2.05) is 6.92 Å². The molecule has 0 amide bonds. The molecule has 2 unspecified atom stereocenters. The summed E-state index contributed by atoms with van der Waals surface area (Å²) in [6.07, 6.45) is 16.3. The summed E-state index contributed by atoms with van der Waals surface area (Å²) < 4.78 is 9.44. The predicted molar refractivity (Wildman–Crippen MR) is 133 cm³/mol. The predicted octanol–water partition coefficient (Wildman–Crippen LogP) is 4.05. The highest BCUT2D eigenvalue weighted by Crippen LogP contribution is 2.13. The van der Waals surface area contributed by atoms with Crippen LogP contribution in [-0.2, 0) is 19.1 Å². The van der Waals surface area contributed by atoms with Crippen LogP contribution in [0.2, 0.25) is 0 Å². The van der Waals surface area contributed by atoms with Gasteiger partial charge in [0.15, 0.2) is 0 Å². The van der Waals surface area contributed by atoms with E-state index < -0.39 is 12.2 Å². The van der Waals surface area contributed by atoms with Gasteiger partial charge in [0.25, 0.3) is 0 Å². The van der Waals surface area contributed by atoms with Crippen molar-refractivity contribution in [3.8, 4) is 0 Å². The van der Waals surface area contributed by atoms with Crippen molar-refractivity contribution < 1.29 is 39.5 Å². The van der Waals surface area contributed by atoms with Gasteiger partial charge in [-0.25, -0.2) is 0 Å². The van der Waals surface area contributed by atoms with E-state index >= 15 is 0 Å². The fourth-order valence-electron chi connectivity index (χ4n) is 3.12. The second-order valence-corrected chi connectivity index (χ2v) is 8.78. The van der Waals surface area contributed by atoms with Crippen molar-refractivity contribution >= 4 is 11.9 Å². The van der Waals surface area contributed by atoms with Gasteiger partial charge in [-0.2, -0.15) is 0 Å². The lowest BCUT2D eigenvalue weighted by molar-refractivity contribution is -0.148. The van der Waals surface area contributed by atoms with Gasteiger partial charge in [-0.15, -0.1) is 0 Å². The Bertz CT molecular complexity index is 445. The molecule has 4 N–H and O–H groups in total. The first-order valence-electron chi connectivity index (χ1n) is 13.3. The molecule has 0 aromatic carbocycles. The third-order valence-corrected chi connectivity index (χ3v) is 5.23. The fraction of sp³-hybridized carbons (Fsp3) is 0.923. The van der Waals surface area contributed by atoms with Crippen molar-refractivity contribution in [1.29, 1.82) is 0 Å². The third kappa shape index (κ3) is 28.8. The Balaban J connectivity index is 0. The molecule has 34 heavy (non-hydrogen) atoms. The smallest absolute Gasteiger partial charge is 0.305 e. The molecule has 2 atom stereocenters. The van der Waals surface area contributed by atoms with E-state index in [0.717, 1.165) is 19.3 Å². The quantitative estimate of drug-likeness (QED) is 0.131. The van der Waals surface area contributed by atoms with Gasteiger partial charge in [0.2, 0.25) is 0 Å². The summed E-state index contributed by atoms with van der Waals surface area (Å²) in [6, 6.07) is 0. The number of carbonyl (C=O) groups excluding carboxylic acids is 2. The second kappa shape index (κ2) is 28.0. The molecule has 204 valence electrons. The van der Waals surface area contributed by atoms with E-state index in [1.165, 1.54) is 70.6 Å². The van der Waals surface area contributed by atoms with Gasteiger partial charge in [-0.05, 0) is 12.8 Å². The zero-order chi connectivity index (χ0) is 25.9. The highest BCUT2D eigenvalue weighted by atomic mass is 16.5. The van der Waals surface area contributed by atoms with Gasteiger partial charge < -0.3 is 29.9 Å². The number of aliphatic hydroxyl groups excluding tert-OH is 4. The maximum absolute atomic E-state index is 11.3. The molecule has 0 aliphatic carbocycles. The number of rotatable bonds is 22. The zero-order valence-corrected chi connectivity index (χ0v) is 21.7. The Kier molecular flexibility index (Phi) is 28.8. The Hall–Kier alpha value is -1.22. The van der Waals surface area contributed by atoms with Gasteiger partial charge in [-0.3, -0.25) is 9.59 Å². The molecule has 0 bridgehead atoms. The number of aliphatic hydroxyl groups is 4. The molecule has 0 saturated heterocycles. The van der Waals surface area contributed by atoms with Gasteiger partial charge in [-0.1, -0.05) is 90.9 Å². The summed E-state index contributed by atoms with van der Waals surface area (Å²) in [6.45, 7) is 3.16. The lowest BCUT2D eigenvalue weighted by atomic mass is 10.0. The third-order valence-electron chi connectivity index (χ3n) is 5.23. The maximum Gasteiger partial charge on any atom is 0.305 e. The van der Waals surface area contributed by atoms with Crippen LogP contribution in [0.1, 0.15) is 117 Å². The average molecular weight is 493 g/mol. The van der Waals surface area contributed by atoms with Gasteiger partial charge in [0.05, 0.1) is 13.2 Å². The lowest BCUT2D eigenvalue weighted by Crippen LogP contribution is -2.21. The topological polar surface area (TPSA) is 134 Å². The van der Waals surface area contributed by atoms with Crippen LogP contribution in [0, 0.1) is 0 Å². The van der Waals surface area contributed by atoms with Crippen molar-refractivity contribution in [2.45, 2.75) is 129 Å². The summed E-state index contributed by atoms with van der Waals surface area (Å²) in [7, 11) is 0. The first-order valence-corrected chi connectivity index (χ1v) is 13.3. The molecule has 0 saturated carbocycles. The Morgan fingerprint density at radius 3 is 1.26 bits per heavy atom. The Morgan fingerprint density at radius 2 is 0.912 bits per heavy atom. The van der Waals surface area contributed by atoms with E-state index in [-0.39, 0.29) is 38.4 Å². The molecule has 0 fully saturated rings. The maximum atomic E-state index is 11.3. The Morgan fingerprint density at radius 1 is 0.559 bits per heavy atom. The standard InChI is InChI=1S/C19H38O4.C7H14O4/c1-2-3-4-5-6-7-8-9-10-11-12-13-14-15-19(22)23-17-18(21)16-20;1-2-3-7(10)11-5-6(9)4-8/h18,20-21H,2-17H2,1H3;6,8-9H,2-5H2,1H3. The van der Waals surface area contributed by atoms with Gasteiger partial charge in [0.1, 0.15) is 25.4 Å². The van der Waals surface area contributed by atoms with Crippen LogP contribution in [0.4, 0.5) is 0 Å². The first-order chi connectivity index (χ1) is 16.4. The summed E-state index contributed by atoms with van der Waals surface area (Å²) in [5, 5.41) is 34.8. The molecule has 0 aliphatic heterocycles. The molecule has 0 heterocycles. The van der Waals surface area contributed by atoms with Crippen LogP contribution in [0.5, 0.6) is 0 Å². The first kappa shape index (κ1) is 34.9. The van der Waals surface area contributed by atoms with E-state index in [2.05, 4.69) is 11.7 Å². The van der Waals surface area contributed by atoms with Crippen molar-refractivity contribution in [2.24, 2.45) is 0 Å². The van der Waals surface area contributed by atoms with Crippen LogP contribution in [-0.4, -0.2) is 71.0 Å². The molecule has 0 aromatic heterocycles. The van der Waals surface area contributed by atoms with E-state index in [9.17, 15) is 9.59 Å². The number of carbonyl (C=O) groups is 2. The minimum absolute atomic E-state index is 0.103. The SMILES string of the molecule is CCCC(=O)OCC(O)CO.CCCCCCCCCCCCCCCC(=O)OCC(O)CO. The molecule has 0 radical (unpaired) electrons. The second-order valence-electron chi connectivity index (χ2n) is 8.78. The number of ether oxygens (including phenoxy) is 2. The summed E-state index contributed by atoms with van der Waals surface area (Å²) in [4.78, 5) is 22.0. The highest BCUT2D eigenvalue weighted by Gasteiger charge is 2.07. The fourth-order valence-corrected chi connectivity index (χ4v) is 3.12. The van der Waals surface area contributed by atoms with Gasteiger partial charge in [0, 0.05) is 12.8 Å². The van der Waals surface area contributed by atoms with E-state index in [4.69, 9.17) is 25.2 Å². The Labute approximate surface area is 207 Å². The molecule has 8 heteroatoms. The normalized spacial score (nSPS) is 12.4. The van der Waals surface area contributed by atoms with E-state index in [0.29, 0.717) is 12.8 Å². The van der Waals surface area contributed by atoms with Crippen molar-refractivity contribution in [3.05, 3.63) is 0 Å². The van der Waals surface area contributed by atoms with Crippen LogP contribution >= 0.6 is 0 Å². The number of esters is 2. The molecule has 0 spiro atoms. The summed E-state index contributed by atoms with van der Waals surface area (Å²) in [5.74, 6) is -0.611. The average Bonchev–Trinajstić information content (AvgIpc) is 2.84. The van der Waals surface area contributed by atoms with Crippen LogP contribution in [0.15, 0.2) is 0 Å². The molecule has 0 aliphatic rings. The highest BCUT2D eigenvalue weighted by molar-refractivity contribution is 5.69. The summed E-state index contributed by atoms with van der Waals surface area (Å²) >= 11 is 0. The monoisotopic (exact) mass is 492 g/mol. The molecular formula is C26H52O8. The molecule has 0 rings (SSSR count). The number of hydrogen-bond acceptors (Lipinski definition) is 8. The van der Waals surface area contributed by atoms with Crippen LogP contribution in [0.25, 0.3) is 0 Å². The molecular weight excluding hydrogens is 440 g/mol. The van der Waals surface area contributed by atoms with Gasteiger partial charge >= 0.3 is 11.9 Å². The zero-order valence-electron chi connectivity index (χ0n) is 21.7. The molecule has 0 aromatic rings. The van der Waals surface area contributed by atoms with Crippen molar-refractivity contribution in [3.63, 3.8) is 0 Å². The van der Waals surface area contributed by atoms with E-state index in [1.54, 1.807) is 0 Å². The van der Waals surface area contributed by atoms with Crippen molar-refractivity contribution in [2.75, 3.05) is 26.4 Å².